The number of carbonyl (C=O) groups excluding carboxylic acids is 1. The van der Waals surface area contributed by atoms with E-state index in [2.05, 4.69) is 0 Å². The first-order valence-electron chi connectivity index (χ1n) is 8.87. The Kier molecular flexibility index (Phi) is 5.50. The number of ether oxygens (including phenoxy) is 2. The van der Waals surface area contributed by atoms with E-state index in [0.717, 1.165) is 16.9 Å². The van der Waals surface area contributed by atoms with E-state index in [4.69, 9.17) is 9.47 Å². The van der Waals surface area contributed by atoms with Gasteiger partial charge in [0, 0.05) is 11.6 Å². The molecule has 140 valence electrons. The van der Waals surface area contributed by atoms with E-state index in [-0.39, 0.29) is 18.5 Å². The normalized spacial score (nSPS) is 11.8. The van der Waals surface area contributed by atoms with Crippen LogP contribution in [0.2, 0.25) is 0 Å². The monoisotopic (exact) mass is 365 g/mol. The molecule has 1 atom stereocenters. The number of hydrogen-bond donors (Lipinski definition) is 1. The van der Waals surface area contributed by atoms with Crippen LogP contribution >= 0.6 is 0 Å². The van der Waals surface area contributed by atoms with Gasteiger partial charge in [-0.15, -0.1) is 0 Å². The lowest BCUT2D eigenvalue weighted by Crippen LogP contribution is -2.17. The number of hydrogen-bond acceptors (Lipinski definition) is 4. The maximum absolute atomic E-state index is 12.7. The molecule has 0 saturated carbocycles. The van der Waals surface area contributed by atoms with Crippen molar-refractivity contribution in [3.8, 4) is 22.8 Å². The summed E-state index contributed by atoms with van der Waals surface area (Å²) in [5.74, 6) is 0.301. The van der Waals surface area contributed by atoms with Gasteiger partial charge in [0.05, 0.1) is 19.8 Å². The van der Waals surface area contributed by atoms with E-state index in [0.29, 0.717) is 11.3 Å². The molecule has 0 amide bonds. The predicted octanol–water partition coefficient (Wildman–Crippen LogP) is 4.66. The van der Waals surface area contributed by atoms with E-state index >= 15 is 0 Å². The first-order valence-corrected chi connectivity index (χ1v) is 8.87. The highest BCUT2D eigenvalue weighted by atomic mass is 16.5. The average Bonchev–Trinajstić information content (AvgIpc) is 3.05. The van der Waals surface area contributed by atoms with Crippen LogP contribution in [0.25, 0.3) is 11.1 Å². The Morgan fingerprint density at radius 2 is 1.78 bits per heavy atom. The summed E-state index contributed by atoms with van der Waals surface area (Å²) in [5, 5.41) is 10.7. The molecule has 1 heterocycles. The van der Waals surface area contributed by atoms with Gasteiger partial charge in [-0.05, 0) is 37.1 Å². The van der Waals surface area contributed by atoms with Gasteiger partial charge < -0.3 is 14.6 Å². The van der Waals surface area contributed by atoms with Crippen molar-refractivity contribution in [1.29, 1.82) is 0 Å². The fourth-order valence-corrected chi connectivity index (χ4v) is 3.18. The third-order valence-electron chi connectivity index (χ3n) is 4.56. The highest BCUT2D eigenvalue weighted by molar-refractivity contribution is 5.96. The van der Waals surface area contributed by atoms with Crippen molar-refractivity contribution in [3.05, 3.63) is 71.9 Å². The zero-order valence-electron chi connectivity index (χ0n) is 15.7. The molecule has 0 fully saturated rings. The van der Waals surface area contributed by atoms with Crippen molar-refractivity contribution >= 4 is 5.97 Å². The molecule has 3 rings (SSSR count). The van der Waals surface area contributed by atoms with E-state index in [1.165, 1.54) is 0 Å². The van der Waals surface area contributed by atoms with Gasteiger partial charge >= 0.3 is 5.97 Å². The molecule has 0 aliphatic carbocycles. The minimum atomic E-state index is -0.461. The third kappa shape index (κ3) is 3.67. The summed E-state index contributed by atoms with van der Waals surface area (Å²) in [7, 11) is 1.61. The number of nitrogens with zero attached hydrogens (tertiary/aromatic N) is 1. The Balaban J connectivity index is 2.13. The number of aromatic hydroxyl groups is 1. The Morgan fingerprint density at radius 3 is 2.37 bits per heavy atom. The highest BCUT2D eigenvalue weighted by Gasteiger charge is 2.26. The SMILES string of the molecule is CCOC(=O)c1c(-c2ccccc2)cc(O)n1[C@H](C)c1ccc(OC)cc1. The molecule has 0 aliphatic heterocycles. The smallest absolute Gasteiger partial charge is 0.355 e. The summed E-state index contributed by atoms with van der Waals surface area (Å²) in [4.78, 5) is 12.7. The molecule has 5 nitrogen and oxygen atoms in total. The number of benzene rings is 2. The highest BCUT2D eigenvalue weighted by Crippen LogP contribution is 2.36. The Hall–Kier alpha value is -3.21. The van der Waals surface area contributed by atoms with E-state index in [1.54, 1.807) is 24.7 Å². The number of carbonyl (C=O) groups is 1. The molecule has 0 bridgehead atoms. The fourth-order valence-electron chi connectivity index (χ4n) is 3.18. The van der Waals surface area contributed by atoms with Crippen LogP contribution in [0.3, 0.4) is 0 Å². The van der Waals surface area contributed by atoms with Crippen LogP contribution in [0.4, 0.5) is 0 Å². The van der Waals surface area contributed by atoms with Gasteiger partial charge in [-0.25, -0.2) is 4.79 Å². The van der Waals surface area contributed by atoms with Crippen molar-refractivity contribution in [2.75, 3.05) is 13.7 Å². The van der Waals surface area contributed by atoms with Gasteiger partial charge in [0.25, 0.3) is 0 Å². The Bertz CT molecular complexity index is 913. The maximum Gasteiger partial charge on any atom is 0.355 e. The number of esters is 1. The summed E-state index contributed by atoms with van der Waals surface area (Å²) < 4.78 is 12.1. The molecule has 3 aromatic rings. The molecule has 0 saturated heterocycles. The minimum absolute atomic E-state index is 0.0141. The molecule has 5 heteroatoms. The lowest BCUT2D eigenvalue weighted by atomic mass is 10.0. The molecule has 1 aromatic heterocycles. The van der Waals surface area contributed by atoms with E-state index in [9.17, 15) is 9.90 Å². The van der Waals surface area contributed by atoms with Gasteiger partial charge in [0.1, 0.15) is 11.4 Å². The molecule has 1 N–H and O–H groups in total. The van der Waals surface area contributed by atoms with Crippen LogP contribution in [0.1, 0.15) is 35.9 Å². The van der Waals surface area contributed by atoms with Gasteiger partial charge in [-0.3, -0.25) is 4.57 Å². The quantitative estimate of drug-likeness (QED) is 0.646. The third-order valence-corrected chi connectivity index (χ3v) is 4.56. The number of methoxy groups -OCH3 is 1. The molecule has 2 aromatic carbocycles. The first-order chi connectivity index (χ1) is 13.1. The second-order valence-electron chi connectivity index (χ2n) is 6.17. The minimum Gasteiger partial charge on any atom is -0.497 e. The van der Waals surface area contributed by atoms with Crippen molar-refractivity contribution in [2.24, 2.45) is 0 Å². The van der Waals surface area contributed by atoms with Gasteiger partial charge in [-0.2, -0.15) is 0 Å². The molecule has 0 unspecified atom stereocenters. The number of rotatable bonds is 6. The van der Waals surface area contributed by atoms with Crippen molar-refractivity contribution in [3.63, 3.8) is 0 Å². The predicted molar refractivity (Wildman–Crippen MR) is 104 cm³/mol. The van der Waals surface area contributed by atoms with Crippen LogP contribution in [0.15, 0.2) is 60.7 Å². The summed E-state index contributed by atoms with van der Waals surface area (Å²) in [6.07, 6.45) is 0. The fraction of sp³-hybridized carbons (Fsp3) is 0.227. The standard InChI is InChI=1S/C22H23NO4/c1-4-27-22(25)21-19(17-8-6-5-7-9-17)14-20(24)23(21)15(2)16-10-12-18(26-3)13-11-16/h5-15,24H,4H2,1-3H3/t15-/m1/s1. The second kappa shape index (κ2) is 7.99. The summed E-state index contributed by atoms with van der Waals surface area (Å²) in [5.41, 5.74) is 2.76. The zero-order chi connectivity index (χ0) is 19.4. The van der Waals surface area contributed by atoms with Crippen LogP contribution in [0.5, 0.6) is 11.6 Å². The van der Waals surface area contributed by atoms with Crippen LogP contribution in [-0.2, 0) is 4.74 Å². The Labute approximate surface area is 158 Å². The maximum atomic E-state index is 12.7. The average molecular weight is 365 g/mol. The Morgan fingerprint density at radius 1 is 1.11 bits per heavy atom. The second-order valence-corrected chi connectivity index (χ2v) is 6.17. The largest absolute Gasteiger partial charge is 0.497 e. The van der Waals surface area contributed by atoms with E-state index < -0.39 is 5.97 Å². The van der Waals surface area contributed by atoms with E-state index in [1.807, 2.05) is 61.5 Å². The van der Waals surface area contributed by atoms with Gasteiger partial charge in [-0.1, -0.05) is 42.5 Å². The molecule has 0 spiro atoms. The van der Waals surface area contributed by atoms with Gasteiger partial charge in [0.15, 0.2) is 5.88 Å². The lowest BCUT2D eigenvalue weighted by Gasteiger charge is -2.19. The number of aromatic nitrogens is 1. The van der Waals surface area contributed by atoms with Crippen LogP contribution in [-0.4, -0.2) is 29.4 Å². The summed E-state index contributed by atoms with van der Waals surface area (Å²) >= 11 is 0. The summed E-state index contributed by atoms with van der Waals surface area (Å²) in [6.45, 7) is 3.95. The topological polar surface area (TPSA) is 60.7 Å². The zero-order valence-corrected chi connectivity index (χ0v) is 15.7. The van der Waals surface area contributed by atoms with Crippen molar-refractivity contribution in [2.45, 2.75) is 19.9 Å². The summed E-state index contributed by atoms with van der Waals surface area (Å²) in [6, 6.07) is 18.4. The first kappa shape index (κ1) is 18.6. The van der Waals surface area contributed by atoms with Crippen LogP contribution in [0, 0.1) is 0 Å². The molecule has 0 radical (unpaired) electrons. The molecular formula is C22H23NO4. The molecular weight excluding hydrogens is 342 g/mol. The lowest BCUT2D eigenvalue weighted by molar-refractivity contribution is 0.0512. The van der Waals surface area contributed by atoms with Gasteiger partial charge in [0.2, 0.25) is 0 Å². The van der Waals surface area contributed by atoms with Crippen molar-refractivity contribution < 1.29 is 19.4 Å². The molecule has 0 aliphatic rings. The van der Waals surface area contributed by atoms with Crippen LogP contribution < -0.4 is 4.74 Å². The van der Waals surface area contributed by atoms with Crippen molar-refractivity contribution in [1.82, 2.24) is 4.57 Å². The molecule has 27 heavy (non-hydrogen) atoms.